The maximum atomic E-state index is 8.14. The van der Waals surface area contributed by atoms with Crippen LogP contribution in [0.5, 0.6) is 0 Å². The van der Waals surface area contributed by atoms with Gasteiger partial charge in [-0.25, -0.2) is 0 Å². The summed E-state index contributed by atoms with van der Waals surface area (Å²) in [4.78, 5) is 5.06. The smallest absolute Gasteiger partial charge is 0.0260 e. The zero-order valence-electron chi connectivity index (χ0n) is 9.62. The van der Waals surface area contributed by atoms with Crippen LogP contribution in [-0.4, -0.2) is 6.54 Å². The van der Waals surface area contributed by atoms with Crippen molar-refractivity contribution in [1.29, 1.82) is 0 Å². The van der Waals surface area contributed by atoms with E-state index >= 15 is 0 Å². The fraction of sp³-hybridized carbons (Fsp3) is 0.231. The highest BCUT2D eigenvalue weighted by molar-refractivity contribution is 8.03. The fourth-order valence-corrected chi connectivity index (χ4v) is 2.09. The first-order chi connectivity index (χ1) is 8.36. The van der Waals surface area contributed by atoms with E-state index in [9.17, 15) is 0 Å². The molecule has 17 heavy (non-hydrogen) atoms. The van der Waals surface area contributed by atoms with Gasteiger partial charge in [0.05, 0.1) is 0 Å². The summed E-state index contributed by atoms with van der Waals surface area (Å²) in [6.45, 7) is 4.35. The largest absolute Gasteiger partial charge is 0.0980 e. The minimum absolute atomic E-state index is 0.549. The molecule has 0 heterocycles. The van der Waals surface area contributed by atoms with Gasteiger partial charge in [-0.05, 0) is 30.5 Å². The average Bonchev–Trinajstić information content (AvgIpc) is 2.38. The Morgan fingerprint density at radius 1 is 1.41 bits per heavy atom. The molecule has 0 aromatic heterocycles. The lowest BCUT2D eigenvalue weighted by Crippen LogP contribution is -1.78. The van der Waals surface area contributed by atoms with Crippen LogP contribution in [-0.2, 0) is 0 Å². The van der Waals surface area contributed by atoms with E-state index in [2.05, 4.69) is 34.8 Å². The van der Waals surface area contributed by atoms with Crippen molar-refractivity contribution < 1.29 is 0 Å². The first-order valence-electron chi connectivity index (χ1n) is 5.43. The van der Waals surface area contributed by atoms with Crippen LogP contribution in [0, 0.1) is 0 Å². The number of thioether (sulfide) groups is 1. The summed E-state index contributed by atoms with van der Waals surface area (Å²) < 4.78 is 0. The quantitative estimate of drug-likeness (QED) is 0.168. The van der Waals surface area contributed by atoms with Gasteiger partial charge in [0.1, 0.15) is 0 Å². The monoisotopic (exact) mass is 245 g/mol. The minimum atomic E-state index is 0.549. The molecule has 0 atom stereocenters. The summed E-state index contributed by atoms with van der Waals surface area (Å²) in [7, 11) is 0. The van der Waals surface area contributed by atoms with E-state index in [0.717, 1.165) is 17.7 Å². The molecule has 4 heteroatoms. The van der Waals surface area contributed by atoms with Crippen molar-refractivity contribution >= 4 is 11.8 Å². The first-order valence-corrected chi connectivity index (χ1v) is 6.25. The molecule has 0 aliphatic heterocycles. The van der Waals surface area contributed by atoms with E-state index in [1.165, 1.54) is 4.90 Å². The number of hydrogen-bond donors (Lipinski definition) is 0. The molecule has 0 N–H and O–H groups in total. The van der Waals surface area contributed by atoms with Crippen molar-refractivity contribution in [2.45, 2.75) is 17.7 Å². The Labute approximate surface area is 106 Å². The van der Waals surface area contributed by atoms with E-state index in [0.29, 0.717) is 6.54 Å². The average molecular weight is 245 g/mol. The normalized spacial score (nSPS) is 10.7. The van der Waals surface area contributed by atoms with Crippen molar-refractivity contribution in [3.8, 4) is 0 Å². The van der Waals surface area contributed by atoms with Crippen molar-refractivity contribution in [2.75, 3.05) is 6.54 Å². The van der Waals surface area contributed by atoms with Gasteiger partial charge in [-0.3, -0.25) is 0 Å². The van der Waals surface area contributed by atoms with Gasteiger partial charge in [0.25, 0.3) is 0 Å². The van der Waals surface area contributed by atoms with E-state index in [1.54, 1.807) is 11.8 Å². The molecule has 0 fully saturated rings. The SMILES string of the molecule is C=C/C(=C\CCCN=[N+]=[N-])Sc1ccccc1. The lowest BCUT2D eigenvalue weighted by atomic mass is 10.3. The molecule has 1 rings (SSSR count). The fourth-order valence-electron chi connectivity index (χ4n) is 1.24. The minimum Gasteiger partial charge on any atom is -0.0980 e. The van der Waals surface area contributed by atoms with Crippen LogP contribution in [0.15, 0.2) is 64.0 Å². The number of rotatable bonds is 7. The summed E-state index contributed by atoms with van der Waals surface area (Å²) in [5.74, 6) is 0. The van der Waals surface area contributed by atoms with E-state index in [1.807, 2.05) is 24.3 Å². The van der Waals surface area contributed by atoms with E-state index in [-0.39, 0.29) is 0 Å². The van der Waals surface area contributed by atoms with Crippen LogP contribution in [0.3, 0.4) is 0 Å². The molecular weight excluding hydrogens is 230 g/mol. The predicted molar refractivity (Wildman–Crippen MR) is 73.8 cm³/mol. The van der Waals surface area contributed by atoms with E-state index < -0.39 is 0 Å². The third-order valence-corrected chi connectivity index (χ3v) is 3.13. The van der Waals surface area contributed by atoms with Gasteiger partial charge in [-0.2, -0.15) is 0 Å². The Morgan fingerprint density at radius 2 is 2.18 bits per heavy atom. The molecule has 0 saturated carbocycles. The number of benzene rings is 1. The second-order valence-electron chi connectivity index (χ2n) is 3.32. The molecule has 0 bridgehead atoms. The third kappa shape index (κ3) is 5.85. The lowest BCUT2D eigenvalue weighted by molar-refractivity contribution is 0.848. The summed E-state index contributed by atoms with van der Waals surface area (Å²) >= 11 is 1.69. The molecule has 0 spiro atoms. The van der Waals surface area contributed by atoms with Gasteiger partial charge >= 0.3 is 0 Å². The van der Waals surface area contributed by atoms with Crippen LogP contribution >= 0.6 is 11.8 Å². The Balaban J connectivity index is 2.45. The highest BCUT2D eigenvalue weighted by Crippen LogP contribution is 2.27. The summed E-state index contributed by atoms with van der Waals surface area (Å²) in [6, 6.07) is 10.2. The second kappa shape index (κ2) is 8.50. The summed E-state index contributed by atoms with van der Waals surface area (Å²) in [5, 5.41) is 3.50. The predicted octanol–water partition coefficient (Wildman–Crippen LogP) is 4.94. The number of allylic oxidation sites excluding steroid dienone is 2. The molecule has 0 aliphatic rings. The van der Waals surface area contributed by atoms with Crippen LogP contribution in [0.25, 0.3) is 10.4 Å². The summed E-state index contributed by atoms with van der Waals surface area (Å²) in [6.07, 6.45) is 5.75. The van der Waals surface area contributed by atoms with Gasteiger partial charge in [0, 0.05) is 21.3 Å². The van der Waals surface area contributed by atoms with Gasteiger partial charge in [0.2, 0.25) is 0 Å². The molecule has 1 aromatic rings. The van der Waals surface area contributed by atoms with Gasteiger partial charge in [-0.1, -0.05) is 53.8 Å². The number of unbranched alkanes of at least 4 members (excludes halogenated alkanes) is 1. The molecular formula is C13H15N3S. The maximum Gasteiger partial charge on any atom is 0.0260 e. The Bertz CT molecular complexity index is 420. The number of azide groups is 1. The van der Waals surface area contributed by atoms with E-state index in [4.69, 9.17) is 5.53 Å². The molecule has 0 saturated heterocycles. The molecule has 3 nitrogen and oxygen atoms in total. The molecule has 88 valence electrons. The third-order valence-electron chi connectivity index (χ3n) is 2.05. The van der Waals surface area contributed by atoms with Crippen molar-refractivity contribution in [2.24, 2.45) is 5.11 Å². The Hall–Kier alpha value is -1.64. The molecule has 0 radical (unpaired) electrons. The number of hydrogen-bond acceptors (Lipinski definition) is 2. The zero-order valence-corrected chi connectivity index (χ0v) is 10.4. The highest BCUT2D eigenvalue weighted by Gasteiger charge is 1.95. The van der Waals surface area contributed by atoms with Gasteiger partial charge in [0.15, 0.2) is 0 Å². The van der Waals surface area contributed by atoms with Crippen molar-refractivity contribution in [3.63, 3.8) is 0 Å². The van der Waals surface area contributed by atoms with Crippen molar-refractivity contribution in [1.82, 2.24) is 0 Å². The molecule has 0 amide bonds. The van der Waals surface area contributed by atoms with Crippen LogP contribution in [0.1, 0.15) is 12.8 Å². The van der Waals surface area contributed by atoms with Gasteiger partial charge < -0.3 is 0 Å². The second-order valence-corrected chi connectivity index (χ2v) is 4.47. The molecule has 1 aromatic carbocycles. The van der Waals surface area contributed by atoms with Crippen LogP contribution < -0.4 is 0 Å². The van der Waals surface area contributed by atoms with Crippen molar-refractivity contribution in [3.05, 3.63) is 64.4 Å². The lowest BCUT2D eigenvalue weighted by Gasteiger charge is -2.01. The standard InChI is InChI=1S/C13H15N3S/c1-2-12(8-6-7-11-15-16-14)17-13-9-4-3-5-10-13/h2-5,8-10H,1,6-7,11H2/b12-8+. The first kappa shape index (κ1) is 13.4. The molecule has 0 unspecified atom stereocenters. The summed E-state index contributed by atoms with van der Waals surface area (Å²) in [5.41, 5.74) is 8.14. The Kier molecular flexibility index (Phi) is 6.72. The zero-order chi connectivity index (χ0) is 12.3. The van der Waals surface area contributed by atoms with Crippen LogP contribution in [0.4, 0.5) is 0 Å². The van der Waals surface area contributed by atoms with Gasteiger partial charge in [-0.15, -0.1) is 0 Å². The Morgan fingerprint density at radius 3 is 2.82 bits per heavy atom. The number of nitrogens with zero attached hydrogens (tertiary/aromatic N) is 3. The van der Waals surface area contributed by atoms with Crippen LogP contribution in [0.2, 0.25) is 0 Å². The molecule has 0 aliphatic carbocycles. The topological polar surface area (TPSA) is 48.8 Å². The highest BCUT2D eigenvalue weighted by atomic mass is 32.2. The maximum absolute atomic E-state index is 8.14.